The lowest BCUT2D eigenvalue weighted by Crippen LogP contribution is -2.48. The first-order valence-corrected chi connectivity index (χ1v) is 6.88. The Balaban J connectivity index is 2.10. The van der Waals surface area contributed by atoms with Gasteiger partial charge in [0.1, 0.15) is 6.54 Å². The van der Waals surface area contributed by atoms with Crippen LogP contribution < -0.4 is 0 Å². The SMILES string of the molecule is CCCC[N+]1=C(OC)O[C@H]2[C@H](CCN2C(=O)OC)C1. The van der Waals surface area contributed by atoms with Crippen molar-refractivity contribution in [1.29, 1.82) is 0 Å². The summed E-state index contributed by atoms with van der Waals surface area (Å²) in [5.41, 5.74) is 0. The van der Waals surface area contributed by atoms with E-state index in [-0.39, 0.29) is 12.3 Å². The van der Waals surface area contributed by atoms with E-state index < -0.39 is 0 Å². The summed E-state index contributed by atoms with van der Waals surface area (Å²) in [6, 6.07) is 0. The van der Waals surface area contributed by atoms with Crippen LogP contribution in [0.1, 0.15) is 26.2 Å². The summed E-state index contributed by atoms with van der Waals surface area (Å²) in [4.78, 5) is 13.3. The quantitative estimate of drug-likeness (QED) is 0.725. The topological polar surface area (TPSA) is 51.0 Å². The molecule has 1 fully saturated rings. The molecule has 2 aliphatic rings. The predicted octanol–water partition coefficient (Wildman–Crippen LogP) is 1.25. The summed E-state index contributed by atoms with van der Waals surface area (Å²) in [6.07, 6.45) is 3.12. The van der Waals surface area contributed by atoms with Gasteiger partial charge in [-0.15, -0.1) is 0 Å². The molecular weight excluding hydrogens is 248 g/mol. The molecule has 0 spiro atoms. The Kier molecular flexibility index (Phi) is 4.50. The Labute approximate surface area is 113 Å². The summed E-state index contributed by atoms with van der Waals surface area (Å²) >= 11 is 0. The predicted molar refractivity (Wildman–Crippen MR) is 69.0 cm³/mol. The van der Waals surface area contributed by atoms with Gasteiger partial charge in [0.05, 0.1) is 20.1 Å². The largest absolute Gasteiger partial charge is 0.550 e. The molecule has 6 heteroatoms. The minimum absolute atomic E-state index is 0.250. The van der Waals surface area contributed by atoms with Crippen molar-refractivity contribution < 1.29 is 23.6 Å². The normalized spacial score (nSPS) is 25.9. The number of hydrogen-bond donors (Lipinski definition) is 0. The molecule has 1 amide bonds. The highest BCUT2D eigenvalue weighted by molar-refractivity contribution is 5.69. The number of methoxy groups -OCH3 is 2. The second kappa shape index (κ2) is 6.12. The Hall–Kier alpha value is -1.46. The van der Waals surface area contributed by atoms with Crippen molar-refractivity contribution in [2.24, 2.45) is 5.92 Å². The van der Waals surface area contributed by atoms with Crippen LogP contribution in [-0.2, 0) is 14.2 Å². The lowest BCUT2D eigenvalue weighted by molar-refractivity contribution is -0.566. The molecule has 0 unspecified atom stereocenters. The summed E-state index contributed by atoms with van der Waals surface area (Å²) in [5, 5.41) is 0. The number of nitrogens with zero attached hydrogens (tertiary/aromatic N) is 2. The van der Waals surface area contributed by atoms with Crippen LogP contribution in [0.2, 0.25) is 0 Å². The monoisotopic (exact) mass is 271 g/mol. The van der Waals surface area contributed by atoms with Gasteiger partial charge in [-0.25, -0.2) is 4.79 Å². The molecule has 0 N–H and O–H groups in total. The number of likely N-dealkylation sites (tertiary alicyclic amines) is 1. The van der Waals surface area contributed by atoms with Gasteiger partial charge >= 0.3 is 12.2 Å². The second-order valence-corrected chi connectivity index (χ2v) is 4.99. The maximum Gasteiger partial charge on any atom is 0.550 e. The number of rotatable bonds is 3. The summed E-state index contributed by atoms with van der Waals surface area (Å²) in [6.45, 7) is 4.65. The van der Waals surface area contributed by atoms with E-state index in [2.05, 4.69) is 11.5 Å². The van der Waals surface area contributed by atoms with Crippen molar-refractivity contribution in [3.05, 3.63) is 0 Å². The van der Waals surface area contributed by atoms with Gasteiger partial charge < -0.3 is 14.2 Å². The van der Waals surface area contributed by atoms with E-state index >= 15 is 0 Å². The molecule has 6 nitrogen and oxygen atoms in total. The fourth-order valence-electron chi connectivity index (χ4n) is 2.73. The Morgan fingerprint density at radius 2 is 2.32 bits per heavy atom. The van der Waals surface area contributed by atoms with Crippen molar-refractivity contribution in [2.45, 2.75) is 32.4 Å². The third-order valence-corrected chi connectivity index (χ3v) is 3.75. The minimum atomic E-state index is -0.329. The molecule has 0 aromatic heterocycles. The molecule has 108 valence electrons. The van der Waals surface area contributed by atoms with Crippen LogP contribution in [0.4, 0.5) is 4.79 Å². The Morgan fingerprint density at radius 1 is 1.53 bits per heavy atom. The third-order valence-electron chi connectivity index (χ3n) is 3.75. The average molecular weight is 271 g/mol. The lowest BCUT2D eigenvalue weighted by Gasteiger charge is -2.29. The number of unbranched alkanes of at least 4 members (excludes halogenated alkanes) is 1. The molecule has 2 aliphatic heterocycles. The van der Waals surface area contributed by atoms with Gasteiger partial charge in [-0.3, -0.25) is 4.90 Å². The zero-order chi connectivity index (χ0) is 13.8. The standard InChI is InChI=1S/C13H23N2O4/c1-4-5-7-14-9-10-6-8-15(12(16)17-2)11(10)19-13(14)18-3/h10-11H,4-9H2,1-3H3/q+1/t10-,11+/m1/s1. The van der Waals surface area contributed by atoms with Crippen LogP contribution in [0.15, 0.2) is 0 Å². The smallest absolute Gasteiger partial charge is 0.453 e. The van der Waals surface area contributed by atoms with E-state index in [4.69, 9.17) is 14.2 Å². The van der Waals surface area contributed by atoms with Crippen molar-refractivity contribution in [3.8, 4) is 0 Å². The number of carbonyl (C=O) groups excluding carboxylic acids is 1. The van der Waals surface area contributed by atoms with Crippen LogP contribution in [-0.4, -0.2) is 61.7 Å². The van der Waals surface area contributed by atoms with Crippen molar-refractivity contribution in [2.75, 3.05) is 33.9 Å². The first-order valence-electron chi connectivity index (χ1n) is 6.88. The van der Waals surface area contributed by atoms with Gasteiger partial charge in [0.25, 0.3) is 0 Å². The first-order chi connectivity index (χ1) is 9.21. The molecule has 0 aromatic rings. The molecule has 0 bridgehead atoms. The van der Waals surface area contributed by atoms with Gasteiger partial charge in [0, 0.05) is 13.0 Å². The molecule has 19 heavy (non-hydrogen) atoms. The summed E-state index contributed by atoms with van der Waals surface area (Å²) in [5.74, 6) is 0.329. The number of amides is 1. The van der Waals surface area contributed by atoms with Crippen molar-refractivity contribution >= 4 is 12.2 Å². The van der Waals surface area contributed by atoms with E-state index in [1.165, 1.54) is 7.11 Å². The Morgan fingerprint density at radius 3 is 2.95 bits per heavy atom. The Bertz CT molecular complexity index is 370. The third kappa shape index (κ3) is 2.77. The zero-order valence-corrected chi connectivity index (χ0v) is 11.9. The number of hydrogen-bond acceptors (Lipinski definition) is 4. The molecular formula is C13H23N2O4+. The molecule has 2 heterocycles. The highest BCUT2D eigenvalue weighted by atomic mass is 16.7. The molecule has 1 saturated heterocycles. The second-order valence-electron chi connectivity index (χ2n) is 4.99. The number of ether oxygens (including phenoxy) is 3. The van der Waals surface area contributed by atoms with Crippen molar-refractivity contribution in [3.63, 3.8) is 0 Å². The lowest BCUT2D eigenvalue weighted by atomic mass is 10.1. The zero-order valence-electron chi connectivity index (χ0n) is 11.9. The maximum absolute atomic E-state index is 11.7. The molecule has 0 aliphatic carbocycles. The van der Waals surface area contributed by atoms with Crippen LogP contribution in [0.5, 0.6) is 0 Å². The number of fused-ring (bicyclic) bond motifs is 1. The van der Waals surface area contributed by atoms with Crippen LogP contribution in [0, 0.1) is 5.92 Å². The van der Waals surface area contributed by atoms with Gasteiger partial charge in [-0.1, -0.05) is 13.3 Å². The summed E-state index contributed by atoms with van der Waals surface area (Å²) in [7, 11) is 3.00. The number of carbonyl (C=O) groups is 1. The molecule has 0 radical (unpaired) electrons. The molecule has 2 rings (SSSR count). The molecule has 0 saturated carbocycles. The minimum Gasteiger partial charge on any atom is -0.453 e. The van der Waals surface area contributed by atoms with E-state index in [1.807, 2.05) is 0 Å². The van der Waals surface area contributed by atoms with Gasteiger partial charge in [-0.05, 0) is 6.42 Å². The van der Waals surface area contributed by atoms with E-state index in [1.54, 1.807) is 12.0 Å². The highest BCUT2D eigenvalue weighted by Crippen LogP contribution is 2.29. The maximum atomic E-state index is 11.7. The average Bonchev–Trinajstić information content (AvgIpc) is 2.85. The van der Waals surface area contributed by atoms with E-state index in [0.717, 1.165) is 32.4 Å². The van der Waals surface area contributed by atoms with Gasteiger partial charge in [-0.2, -0.15) is 4.58 Å². The fourth-order valence-corrected chi connectivity index (χ4v) is 2.73. The van der Waals surface area contributed by atoms with Crippen LogP contribution >= 0.6 is 0 Å². The van der Waals surface area contributed by atoms with E-state index in [9.17, 15) is 4.79 Å². The fraction of sp³-hybridized carbons (Fsp3) is 0.846. The molecule has 2 atom stereocenters. The first kappa shape index (κ1) is 14.0. The van der Waals surface area contributed by atoms with Gasteiger partial charge in [0.2, 0.25) is 0 Å². The van der Waals surface area contributed by atoms with Crippen LogP contribution in [0.25, 0.3) is 0 Å². The summed E-state index contributed by atoms with van der Waals surface area (Å²) < 4.78 is 18.1. The van der Waals surface area contributed by atoms with Crippen LogP contribution in [0.3, 0.4) is 0 Å². The van der Waals surface area contributed by atoms with E-state index in [0.29, 0.717) is 18.5 Å². The molecule has 0 aromatic carbocycles. The highest BCUT2D eigenvalue weighted by Gasteiger charge is 2.47. The van der Waals surface area contributed by atoms with Gasteiger partial charge in [0.15, 0.2) is 12.8 Å². The van der Waals surface area contributed by atoms with Crippen molar-refractivity contribution in [1.82, 2.24) is 4.90 Å².